The molecular formula is C19H18FN3O4. The Hall–Kier alpha value is -3.23. The molecule has 1 amide bonds. The fourth-order valence-electron chi connectivity index (χ4n) is 2.75. The first kappa shape index (κ1) is 18.6. The van der Waals surface area contributed by atoms with Crippen LogP contribution in [0.25, 0.3) is 22.2 Å². The van der Waals surface area contributed by atoms with Crippen LogP contribution < -0.4 is 11.1 Å². The number of aromatic hydroxyl groups is 1. The predicted octanol–water partition coefficient (Wildman–Crippen LogP) is 1.61. The molecule has 7 nitrogen and oxygen atoms in total. The van der Waals surface area contributed by atoms with Gasteiger partial charge in [0.1, 0.15) is 11.6 Å². The van der Waals surface area contributed by atoms with Crippen molar-refractivity contribution in [2.24, 2.45) is 5.73 Å². The van der Waals surface area contributed by atoms with Crippen molar-refractivity contribution >= 4 is 22.5 Å². The number of rotatable bonds is 6. The lowest BCUT2D eigenvalue weighted by atomic mass is 10.0. The van der Waals surface area contributed by atoms with Crippen molar-refractivity contribution in [1.82, 2.24) is 4.98 Å². The van der Waals surface area contributed by atoms with E-state index in [2.05, 4.69) is 10.3 Å². The van der Waals surface area contributed by atoms with Crippen LogP contribution in [0.4, 0.5) is 10.1 Å². The molecule has 8 heteroatoms. The summed E-state index contributed by atoms with van der Waals surface area (Å²) in [4.78, 5) is 16.2. The SMILES string of the molecule is NC(=O)c1cc(F)cc2c(NC(CO)CO)cc(-c3ccc(O)cc3)nc12. The molecule has 0 unspecified atom stereocenters. The van der Waals surface area contributed by atoms with Gasteiger partial charge in [-0.1, -0.05) is 0 Å². The van der Waals surface area contributed by atoms with Crippen LogP contribution in [0.5, 0.6) is 5.75 Å². The van der Waals surface area contributed by atoms with Gasteiger partial charge in [-0.25, -0.2) is 9.37 Å². The Labute approximate surface area is 153 Å². The summed E-state index contributed by atoms with van der Waals surface area (Å²) >= 11 is 0. The van der Waals surface area contributed by atoms with Gasteiger partial charge in [0, 0.05) is 16.6 Å². The zero-order valence-corrected chi connectivity index (χ0v) is 14.2. The molecule has 0 radical (unpaired) electrons. The summed E-state index contributed by atoms with van der Waals surface area (Å²) in [6.45, 7) is -0.709. The molecular weight excluding hydrogens is 353 g/mol. The molecule has 3 rings (SSSR count). The largest absolute Gasteiger partial charge is 0.508 e. The minimum Gasteiger partial charge on any atom is -0.508 e. The van der Waals surface area contributed by atoms with Crippen LogP contribution in [0.1, 0.15) is 10.4 Å². The summed E-state index contributed by atoms with van der Waals surface area (Å²) in [5.74, 6) is -1.41. The van der Waals surface area contributed by atoms with Crippen LogP contribution in [0.15, 0.2) is 42.5 Å². The molecule has 2 aromatic carbocycles. The monoisotopic (exact) mass is 371 g/mol. The van der Waals surface area contributed by atoms with Gasteiger partial charge in [0.05, 0.1) is 36.0 Å². The Balaban J connectivity index is 2.28. The molecule has 0 fully saturated rings. The molecule has 27 heavy (non-hydrogen) atoms. The Bertz CT molecular complexity index is 988. The zero-order chi connectivity index (χ0) is 19.6. The van der Waals surface area contributed by atoms with E-state index >= 15 is 0 Å². The van der Waals surface area contributed by atoms with Gasteiger partial charge in [-0.05, 0) is 42.5 Å². The first-order valence-corrected chi connectivity index (χ1v) is 8.14. The topological polar surface area (TPSA) is 129 Å². The van der Waals surface area contributed by atoms with Crippen molar-refractivity contribution in [3.05, 3.63) is 53.8 Å². The first-order chi connectivity index (χ1) is 12.9. The molecule has 1 aromatic heterocycles. The maximum atomic E-state index is 14.0. The summed E-state index contributed by atoms with van der Waals surface area (Å²) in [6.07, 6.45) is 0. The molecule has 1 heterocycles. The van der Waals surface area contributed by atoms with Crippen LogP contribution in [0.3, 0.4) is 0 Å². The van der Waals surface area contributed by atoms with Gasteiger partial charge in [0.15, 0.2) is 0 Å². The molecule has 6 N–H and O–H groups in total. The van der Waals surface area contributed by atoms with Crippen molar-refractivity contribution < 1.29 is 24.5 Å². The Morgan fingerprint density at radius 1 is 1.15 bits per heavy atom. The van der Waals surface area contributed by atoms with Crippen LogP contribution in [0.2, 0.25) is 0 Å². The van der Waals surface area contributed by atoms with E-state index in [-0.39, 0.29) is 30.0 Å². The number of aromatic nitrogens is 1. The normalized spacial score (nSPS) is 11.1. The smallest absolute Gasteiger partial charge is 0.251 e. The average molecular weight is 371 g/mol. The maximum absolute atomic E-state index is 14.0. The van der Waals surface area contributed by atoms with Gasteiger partial charge in [0.2, 0.25) is 0 Å². The average Bonchev–Trinajstić information content (AvgIpc) is 2.65. The highest BCUT2D eigenvalue weighted by molar-refractivity contribution is 6.08. The number of halogens is 1. The standard InChI is InChI=1S/C19H18FN3O4/c20-11-5-14-17(22-12(8-24)9-25)7-16(10-1-3-13(26)4-2-10)23-18(14)15(6-11)19(21)27/h1-7,12,24-26H,8-9H2,(H2,21,27)(H,22,23). The van der Waals surface area contributed by atoms with Crippen molar-refractivity contribution in [2.75, 3.05) is 18.5 Å². The van der Waals surface area contributed by atoms with E-state index in [0.717, 1.165) is 6.07 Å². The van der Waals surface area contributed by atoms with Crippen molar-refractivity contribution in [3.8, 4) is 17.0 Å². The fraction of sp³-hybridized carbons (Fsp3) is 0.158. The molecule has 0 spiro atoms. The van der Waals surface area contributed by atoms with Crippen LogP contribution in [-0.2, 0) is 0 Å². The van der Waals surface area contributed by atoms with E-state index in [1.165, 1.54) is 18.2 Å². The number of aliphatic hydroxyl groups excluding tert-OH is 2. The number of anilines is 1. The van der Waals surface area contributed by atoms with E-state index in [9.17, 15) is 24.5 Å². The maximum Gasteiger partial charge on any atom is 0.251 e. The predicted molar refractivity (Wildman–Crippen MR) is 98.9 cm³/mol. The third kappa shape index (κ3) is 3.81. The molecule has 3 aromatic rings. The summed E-state index contributed by atoms with van der Waals surface area (Å²) < 4.78 is 14.0. The number of phenols is 1. The summed E-state index contributed by atoms with van der Waals surface area (Å²) in [7, 11) is 0. The number of carbonyl (C=O) groups excluding carboxylic acids is 1. The number of amides is 1. The van der Waals surface area contributed by atoms with E-state index in [1.807, 2.05) is 0 Å². The molecule has 0 saturated carbocycles. The van der Waals surface area contributed by atoms with E-state index in [0.29, 0.717) is 22.3 Å². The summed E-state index contributed by atoms with van der Waals surface area (Å²) in [6, 6.07) is 9.37. The fourth-order valence-corrected chi connectivity index (χ4v) is 2.75. The highest BCUT2D eigenvalue weighted by Crippen LogP contribution is 2.32. The number of pyridine rings is 1. The molecule has 0 bridgehead atoms. The minimum atomic E-state index is -0.832. The first-order valence-electron chi connectivity index (χ1n) is 8.14. The number of hydrogen-bond donors (Lipinski definition) is 5. The van der Waals surface area contributed by atoms with E-state index in [4.69, 9.17) is 5.73 Å². The van der Waals surface area contributed by atoms with Crippen LogP contribution in [-0.4, -0.2) is 45.5 Å². The number of phenolic OH excluding ortho intramolecular Hbond substituents is 1. The Kier molecular flexibility index (Phi) is 5.20. The lowest BCUT2D eigenvalue weighted by Crippen LogP contribution is -2.27. The second-order valence-electron chi connectivity index (χ2n) is 6.02. The second kappa shape index (κ2) is 7.56. The molecule has 0 aliphatic rings. The number of hydrogen-bond acceptors (Lipinski definition) is 6. The number of nitrogens with one attached hydrogen (secondary N) is 1. The van der Waals surface area contributed by atoms with Gasteiger partial charge in [-0.15, -0.1) is 0 Å². The summed E-state index contributed by atoms with van der Waals surface area (Å²) in [5.41, 5.74) is 6.94. The number of primary amides is 1. The Morgan fingerprint density at radius 3 is 2.41 bits per heavy atom. The number of nitrogens with zero attached hydrogens (tertiary/aromatic N) is 1. The van der Waals surface area contributed by atoms with Gasteiger partial charge in [-0.2, -0.15) is 0 Å². The van der Waals surface area contributed by atoms with Crippen LogP contribution >= 0.6 is 0 Å². The number of benzene rings is 2. The molecule has 0 aliphatic carbocycles. The lowest BCUT2D eigenvalue weighted by molar-refractivity contribution is 0.100. The van der Waals surface area contributed by atoms with Gasteiger partial charge < -0.3 is 26.4 Å². The second-order valence-corrected chi connectivity index (χ2v) is 6.02. The van der Waals surface area contributed by atoms with Gasteiger partial charge >= 0.3 is 0 Å². The molecule has 0 saturated heterocycles. The minimum absolute atomic E-state index is 0.0819. The molecule has 0 aliphatic heterocycles. The summed E-state index contributed by atoms with van der Waals surface area (Å²) in [5, 5.41) is 31.4. The van der Waals surface area contributed by atoms with E-state index in [1.54, 1.807) is 18.2 Å². The quantitative estimate of drug-likeness (QED) is 0.448. The third-order valence-electron chi connectivity index (χ3n) is 4.11. The molecule has 0 atom stereocenters. The van der Waals surface area contributed by atoms with Crippen molar-refractivity contribution in [3.63, 3.8) is 0 Å². The van der Waals surface area contributed by atoms with Crippen LogP contribution in [0, 0.1) is 5.82 Å². The number of aliphatic hydroxyl groups is 2. The number of carbonyl (C=O) groups is 1. The number of nitrogens with two attached hydrogens (primary N) is 1. The van der Waals surface area contributed by atoms with Gasteiger partial charge in [0.25, 0.3) is 5.91 Å². The third-order valence-corrected chi connectivity index (χ3v) is 4.11. The van der Waals surface area contributed by atoms with Gasteiger partial charge in [-0.3, -0.25) is 4.79 Å². The highest BCUT2D eigenvalue weighted by Gasteiger charge is 2.17. The lowest BCUT2D eigenvalue weighted by Gasteiger charge is -2.18. The molecule has 140 valence electrons. The number of fused-ring (bicyclic) bond motifs is 1. The van der Waals surface area contributed by atoms with E-state index < -0.39 is 17.8 Å². The zero-order valence-electron chi connectivity index (χ0n) is 14.2. The van der Waals surface area contributed by atoms with Crippen molar-refractivity contribution in [1.29, 1.82) is 0 Å². The van der Waals surface area contributed by atoms with Crippen molar-refractivity contribution in [2.45, 2.75) is 6.04 Å². The Morgan fingerprint density at radius 2 is 1.81 bits per heavy atom. The highest BCUT2D eigenvalue weighted by atomic mass is 19.1.